The summed E-state index contributed by atoms with van der Waals surface area (Å²) in [6.07, 6.45) is 0. The normalized spacial score (nSPS) is 20.4. The first-order valence-electron chi connectivity index (χ1n) is 17.0. The van der Waals surface area contributed by atoms with Crippen LogP contribution in [-0.2, 0) is 9.59 Å². The van der Waals surface area contributed by atoms with Gasteiger partial charge in [-0.2, -0.15) is 0 Å². The molecule has 5 aromatic carbocycles. The van der Waals surface area contributed by atoms with E-state index in [0.717, 1.165) is 22.5 Å². The monoisotopic (exact) mass is 798 g/mol. The molecule has 4 heterocycles. The molecule has 4 atom stereocenters. The molecular weight excluding hydrogens is 770 g/mol. The highest BCUT2D eigenvalue weighted by atomic mass is 35.5. The highest BCUT2D eigenvalue weighted by Gasteiger charge is 2.49. The molecule has 0 aromatic heterocycles. The van der Waals surface area contributed by atoms with E-state index in [0.29, 0.717) is 34.2 Å². The molecule has 9 rings (SSSR count). The van der Waals surface area contributed by atoms with Crippen LogP contribution in [-0.4, -0.2) is 50.8 Å². The van der Waals surface area contributed by atoms with Crippen molar-refractivity contribution >= 4 is 92.3 Å². The third-order valence-electron chi connectivity index (χ3n) is 10.1. The van der Waals surface area contributed by atoms with E-state index < -0.39 is 10.8 Å². The minimum absolute atomic E-state index is 0.155. The molecule has 0 radical (unpaired) electrons. The van der Waals surface area contributed by atoms with Crippen LogP contribution in [0.25, 0.3) is 0 Å². The van der Waals surface area contributed by atoms with Gasteiger partial charge >= 0.3 is 0 Å². The summed E-state index contributed by atoms with van der Waals surface area (Å²) >= 11 is 27.0. The van der Waals surface area contributed by atoms with E-state index in [4.69, 9.17) is 65.9 Å². The number of β-lactam (4-membered cyclic amide) rings is 2. The number of nitrogens with zero attached hydrogens (tertiary/aromatic N) is 6. The smallest absolute Gasteiger partial charge is 0.248 e. The first-order valence-corrected chi connectivity index (χ1v) is 18.6. The third kappa shape index (κ3) is 5.30. The summed E-state index contributed by atoms with van der Waals surface area (Å²) in [6, 6.07) is 25.7. The van der Waals surface area contributed by atoms with Crippen molar-refractivity contribution in [3.05, 3.63) is 117 Å². The van der Waals surface area contributed by atoms with Crippen LogP contribution < -0.4 is 39.8 Å². The van der Waals surface area contributed by atoms with Crippen LogP contribution >= 0.6 is 46.4 Å². The number of hydrogen-bond acceptors (Lipinski definition) is 8. The predicted octanol–water partition coefficient (Wildman–Crippen LogP) is 8.63. The molecule has 54 heavy (non-hydrogen) atoms. The molecule has 0 bridgehead atoms. The third-order valence-corrected chi connectivity index (χ3v) is 11.7. The number of alkyl halides is 2. The molecule has 272 valence electrons. The molecule has 10 nitrogen and oxygen atoms in total. The minimum atomic E-state index is -0.705. The average molecular weight is 801 g/mol. The Morgan fingerprint density at radius 3 is 1.30 bits per heavy atom. The lowest BCUT2D eigenvalue weighted by atomic mass is 9.92. The average Bonchev–Trinajstić information content (AvgIpc) is 3.18. The van der Waals surface area contributed by atoms with Crippen LogP contribution in [0.2, 0.25) is 10.0 Å². The number of rotatable bonds is 6. The van der Waals surface area contributed by atoms with Gasteiger partial charge in [-0.15, -0.1) is 23.2 Å². The van der Waals surface area contributed by atoms with Crippen LogP contribution in [0.3, 0.4) is 0 Å². The maximum absolute atomic E-state index is 13.1. The van der Waals surface area contributed by atoms with Gasteiger partial charge in [-0.05, 0) is 59.7 Å². The molecule has 5 aromatic rings. The molecule has 4 unspecified atom stereocenters. The molecule has 0 aliphatic carbocycles. The lowest BCUT2D eigenvalue weighted by molar-refractivity contribution is -0.124. The number of hydrogen-bond donors (Lipinski definition) is 0. The maximum atomic E-state index is 13.1. The van der Waals surface area contributed by atoms with Crippen LogP contribution in [0.4, 0.5) is 34.1 Å². The van der Waals surface area contributed by atoms with Crippen molar-refractivity contribution in [3.8, 4) is 23.0 Å². The van der Waals surface area contributed by atoms with E-state index in [9.17, 15) is 9.59 Å². The van der Waals surface area contributed by atoms with Gasteiger partial charge in [0.25, 0.3) is 0 Å². The van der Waals surface area contributed by atoms with Gasteiger partial charge in [0, 0.05) is 63.1 Å². The van der Waals surface area contributed by atoms with Crippen LogP contribution in [0.15, 0.2) is 94.9 Å². The van der Waals surface area contributed by atoms with E-state index in [1.54, 1.807) is 46.2 Å². The van der Waals surface area contributed by atoms with E-state index in [2.05, 4.69) is 0 Å². The molecule has 4 aliphatic rings. The Hall–Kier alpha value is -5.00. The van der Waals surface area contributed by atoms with Crippen LogP contribution in [0.1, 0.15) is 23.2 Å². The van der Waals surface area contributed by atoms with Crippen molar-refractivity contribution in [2.75, 3.05) is 47.8 Å². The van der Waals surface area contributed by atoms with Crippen molar-refractivity contribution in [1.82, 2.24) is 0 Å². The number of amides is 2. The zero-order valence-corrected chi connectivity index (χ0v) is 32.2. The van der Waals surface area contributed by atoms with Gasteiger partial charge in [0.15, 0.2) is 23.0 Å². The molecule has 2 saturated heterocycles. The van der Waals surface area contributed by atoms with Crippen molar-refractivity contribution < 1.29 is 19.1 Å². The standard InChI is InChI=1S/C40H30Cl4N6O4/c1-47(2)21-9-5-19(6-10-21)35-31(43)39(51)49(35)23-13-15-25-27(17-23)53-37-29(41)34-38(30(42)33(37)45-25)54-28-18-24(14-16-26(28)46-34)50-36(32(44)40(50)52)20-7-11-22(12-8-20)48(3)4/h5-18,31-32,35-36H,1-4H3. The zero-order valence-electron chi connectivity index (χ0n) is 29.2. The summed E-state index contributed by atoms with van der Waals surface area (Å²) in [6.45, 7) is 0. The molecule has 2 amide bonds. The van der Waals surface area contributed by atoms with Gasteiger partial charge in [-0.1, -0.05) is 47.5 Å². The summed E-state index contributed by atoms with van der Waals surface area (Å²) in [4.78, 5) is 43.1. The Morgan fingerprint density at radius 1 is 0.574 bits per heavy atom. The second kappa shape index (κ2) is 12.8. The Balaban J connectivity index is 1.03. The molecule has 0 N–H and O–H groups in total. The summed E-state index contributed by atoms with van der Waals surface area (Å²) in [5.41, 5.74) is 6.08. The highest BCUT2D eigenvalue weighted by Crippen LogP contribution is 2.49. The number of benzene rings is 5. The van der Waals surface area contributed by atoms with Crippen molar-refractivity contribution in [3.63, 3.8) is 0 Å². The van der Waals surface area contributed by atoms with Crippen LogP contribution in [0, 0.1) is 0 Å². The highest BCUT2D eigenvalue weighted by molar-refractivity contribution is 6.38. The van der Waals surface area contributed by atoms with E-state index in [1.165, 1.54) is 0 Å². The molecule has 0 saturated carbocycles. The number of anilines is 4. The SMILES string of the molecule is CN(C)c1ccc(C2C(Cl)C(=O)N2c2ccc3c(c2)Oc2c(Cl)c4c(c(Cl)c2=N3)Oc2cc(N3C(=O)C(Cl)C3c3ccc(N(C)C)cc3)ccc2N=4)cc1. The number of carbonyl (C=O) groups is 2. The summed E-state index contributed by atoms with van der Waals surface area (Å²) in [5.74, 6) is 0.760. The Bertz CT molecular complexity index is 2370. The molecular formula is C40H30Cl4N6O4. The molecule has 14 heteroatoms. The van der Waals surface area contributed by atoms with Gasteiger partial charge in [0.2, 0.25) is 11.8 Å². The minimum Gasteiger partial charge on any atom is -0.451 e. The van der Waals surface area contributed by atoms with E-state index >= 15 is 0 Å². The van der Waals surface area contributed by atoms with Gasteiger partial charge in [-0.25, -0.2) is 9.98 Å². The quantitative estimate of drug-likeness (QED) is 0.124. The fourth-order valence-electron chi connectivity index (χ4n) is 7.18. The lowest BCUT2D eigenvalue weighted by Gasteiger charge is -2.44. The maximum Gasteiger partial charge on any atom is 0.248 e. The molecule has 0 spiro atoms. The summed E-state index contributed by atoms with van der Waals surface area (Å²) in [7, 11) is 7.87. The zero-order chi connectivity index (χ0) is 37.7. The number of halogens is 4. The van der Waals surface area contributed by atoms with E-state index in [-0.39, 0.29) is 56.2 Å². The molecule has 4 aliphatic heterocycles. The summed E-state index contributed by atoms with van der Waals surface area (Å²) < 4.78 is 12.7. The largest absolute Gasteiger partial charge is 0.451 e. The van der Waals surface area contributed by atoms with Gasteiger partial charge in [0.1, 0.15) is 42.9 Å². The Morgan fingerprint density at radius 2 is 0.944 bits per heavy atom. The topological polar surface area (TPSA) is 90.3 Å². The molecule has 2 fully saturated rings. The first kappa shape index (κ1) is 34.7. The number of carbonyl (C=O) groups excluding carboxylic acids is 2. The van der Waals surface area contributed by atoms with E-state index in [1.807, 2.05) is 86.5 Å². The van der Waals surface area contributed by atoms with Gasteiger partial charge < -0.3 is 29.1 Å². The van der Waals surface area contributed by atoms with Gasteiger partial charge in [0.05, 0.1) is 12.1 Å². The van der Waals surface area contributed by atoms with Crippen LogP contribution in [0.5, 0.6) is 23.0 Å². The fourth-order valence-corrected chi connectivity index (χ4v) is 8.42. The van der Waals surface area contributed by atoms with Crippen molar-refractivity contribution in [2.24, 2.45) is 9.98 Å². The first-order chi connectivity index (χ1) is 25.9. The lowest BCUT2D eigenvalue weighted by Crippen LogP contribution is -2.56. The summed E-state index contributed by atoms with van der Waals surface area (Å²) in [5, 5.41) is -0.545. The number of ether oxygens (including phenoxy) is 2. The Labute approximate surface area is 330 Å². The second-order valence-electron chi connectivity index (χ2n) is 13.8. The fraction of sp³-hybridized carbons (Fsp3) is 0.200. The number of fused-ring (bicyclic) bond motifs is 4. The second-order valence-corrected chi connectivity index (χ2v) is 15.5. The predicted molar refractivity (Wildman–Crippen MR) is 212 cm³/mol. The van der Waals surface area contributed by atoms with Crippen molar-refractivity contribution in [1.29, 1.82) is 0 Å². The van der Waals surface area contributed by atoms with Crippen molar-refractivity contribution in [2.45, 2.75) is 22.8 Å². The van der Waals surface area contributed by atoms with Gasteiger partial charge in [-0.3, -0.25) is 9.59 Å². The Kier molecular flexibility index (Phi) is 8.24.